The van der Waals surface area contributed by atoms with Gasteiger partial charge in [-0.1, -0.05) is 17.8 Å². The third kappa shape index (κ3) is 4.26. The van der Waals surface area contributed by atoms with E-state index in [0.717, 1.165) is 5.56 Å². The van der Waals surface area contributed by atoms with Crippen LogP contribution in [0.5, 0.6) is 11.5 Å². The Labute approximate surface area is 141 Å². The molecule has 0 atom stereocenters. The molecule has 1 aliphatic heterocycles. The van der Waals surface area contributed by atoms with E-state index in [1.165, 1.54) is 18.2 Å². The van der Waals surface area contributed by atoms with Gasteiger partial charge in [-0.2, -0.15) is 8.78 Å². The molecular weight excluding hydrogens is 336 g/mol. The zero-order valence-corrected chi connectivity index (χ0v) is 13.2. The van der Waals surface area contributed by atoms with Gasteiger partial charge in [0.15, 0.2) is 11.5 Å². The topological polar surface area (TPSA) is 47.6 Å². The zero-order chi connectivity index (χ0) is 16.9. The number of fused-ring (bicyclic) bond motifs is 1. The van der Waals surface area contributed by atoms with Crippen molar-refractivity contribution in [2.75, 3.05) is 12.1 Å². The minimum absolute atomic E-state index is 0.197. The van der Waals surface area contributed by atoms with Crippen molar-refractivity contribution in [3.63, 3.8) is 0 Å². The summed E-state index contributed by atoms with van der Waals surface area (Å²) in [6, 6.07) is 11.6. The summed E-state index contributed by atoms with van der Waals surface area (Å²) in [5.74, 6) is -1.46. The lowest BCUT2D eigenvalue weighted by molar-refractivity contribution is -0.111. The summed E-state index contributed by atoms with van der Waals surface area (Å²) in [6.07, 6.45) is 3.04. The Kier molecular flexibility index (Phi) is 5.00. The van der Waals surface area contributed by atoms with Crippen molar-refractivity contribution in [1.29, 1.82) is 0 Å². The summed E-state index contributed by atoms with van der Waals surface area (Å²) in [5.41, 5.74) is 1.34. The molecule has 0 aliphatic carbocycles. The van der Waals surface area contributed by atoms with Crippen molar-refractivity contribution in [1.82, 2.24) is 0 Å². The van der Waals surface area contributed by atoms with Crippen molar-refractivity contribution >= 4 is 29.4 Å². The minimum Gasteiger partial charge on any atom is -0.454 e. The lowest BCUT2D eigenvalue weighted by Crippen LogP contribution is -2.07. The molecular formula is C17H13F2NO3S. The van der Waals surface area contributed by atoms with E-state index < -0.39 is 5.76 Å². The van der Waals surface area contributed by atoms with E-state index in [1.807, 2.05) is 6.07 Å². The number of alkyl halides is 2. The van der Waals surface area contributed by atoms with Gasteiger partial charge >= 0.3 is 0 Å². The van der Waals surface area contributed by atoms with Gasteiger partial charge in [-0.15, -0.1) is 0 Å². The van der Waals surface area contributed by atoms with Crippen molar-refractivity contribution in [3.05, 3.63) is 54.1 Å². The second kappa shape index (κ2) is 7.35. The molecule has 1 amide bonds. The molecule has 124 valence electrons. The van der Waals surface area contributed by atoms with Gasteiger partial charge in [-0.05, 0) is 48.0 Å². The Morgan fingerprint density at radius 2 is 1.88 bits per heavy atom. The summed E-state index contributed by atoms with van der Waals surface area (Å²) in [4.78, 5) is 12.3. The maximum Gasteiger partial charge on any atom is 0.288 e. The van der Waals surface area contributed by atoms with Crippen LogP contribution in [0.1, 0.15) is 5.56 Å². The number of carbonyl (C=O) groups excluding carboxylic acids is 1. The molecule has 0 spiro atoms. The smallest absolute Gasteiger partial charge is 0.288 e. The molecule has 0 radical (unpaired) electrons. The van der Waals surface area contributed by atoms with Gasteiger partial charge in [0, 0.05) is 16.7 Å². The summed E-state index contributed by atoms with van der Waals surface area (Å²) >= 11 is 0.461. The van der Waals surface area contributed by atoms with Crippen LogP contribution in [0.25, 0.3) is 6.08 Å². The number of carbonyl (C=O) groups is 1. The van der Waals surface area contributed by atoms with Crippen molar-refractivity contribution in [3.8, 4) is 11.5 Å². The van der Waals surface area contributed by atoms with Gasteiger partial charge in [0.2, 0.25) is 12.7 Å². The monoisotopic (exact) mass is 349 g/mol. The van der Waals surface area contributed by atoms with Crippen LogP contribution < -0.4 is 14.8 Å². The Balaban J connectivity index is 1.59. The summed E-state index contributed by atoms with van der Waals surface area (Å²) in [6.45, 7) is 0.197. The molecule has 24 heavy (non-hydrogen) atoms. The fraction of sp³-hybridized carbons (Fsp3) is 0.118. The number of anilines is 1. The lowest BCUT2D eigenvalue weighted by Gasteiger charge is -2.04. The Bertz CT molecular complexity index is 763. The molecule has 0 saturated carbocycles. The highest BCUT2D eigenvalue weighted by Crippen LogP contribution is 2.32. The summed E-state index contributed by atoms with van der Waals surface area (Å²) in [5, 5.41) is 2.67. The van der Waals surface area contributed by atoms with Crippen LogP contribution in [0.2, 0.25) is 0 Å². The number of rotatable bonds is 5. The van der Waals surface area contributed by atoms with E-state index in [4.69, 9.17) is 9.47 Å². The van der Waals surface area contributed by atoms with Crippen LogP contribution in [0.4, 0.5) is 14.5 Å². The number of thioether (sulfide) groups is 1. The Hall–Kier alpha value is -2.54. The molecule has 1 aliphatic rings. The van der Waals surface area contributed by atoms with Crippen molar-refractivity contribution in [2.24, 2.45) is 0 Å². The van der Waals surface area contributed by atoms with E-state index in [0.29, 0.717) is 33.8 Å². The molecule has 2 aromatic rings. The highest BCUT2D eigenvalue weighted by molar-refractivity contribution is 7.99. The average Bonchev–Trinajstić information content (AvgIpc) is 3.02. The van der Waals surface area contributed by atoms with Crippen LogP contribution in [-0.2, 0) is 4.79 Å². The maximum absolute atomic E-state index is 12.2. The van der Waals surface area contributed by atoms with Gasteiger partial charge < -0.3 is 14.8 Å². The number of nitrogens with one attached hydrogen (secondary N) is 1. The number of hydrogen-bond acceptors (Lipinski definition) is 4. The van der Waals surface area contributed by atoms with E-state index in [1.54, 1.807) is 30.3 Å². The standard InChI is InChI=1S/C17H13F2NO3S/c18-17(19)24-13-5-3-12(4-6-13)20-16(21)8-2-11-1-7-14-15(9-11)23-10-22-14/h1-9,17H,10H2,(H,20,21)/b8-2+. The number of amides is 1. The first kappa shape index (κ1) is 16.3. The van der Waals surface area contributed by atoms with Crippen LogP contribution >= 0.6 is 11.8 Å². The number of hydrogen-bond donors (Lipinski definition) is 1. The third-order valence-electron chi connectivity index (χ3n) is 3.17. The summed E-state index contributed by atoms with van der Waals surface area (Å²) in [7, 11) is 0. The first-order chi connectivity index (χ1) is 11.6. The molecule has 0 saturated heterocycles. The van der Waals surface area contributed by atoms with Gasteiger partial charge in [0.05, 0.1) is 0 Å². The quantitative estimate of drug-likeness (QED) is 0.643. The molecule has 3 rings (SSSR count). The number of benzene rings is 2. The largest absolute Gasteiger partial charge is 0.454 e. The van der Waals surface area contributed by atoms with E-state index in [2.05, 4.69) is 5.32 Å². The molecule has 4 nitrogen and oxygen atoms in total. The number of halogens is 2. The van der Waals surface area contributed by atoms with Crippen LogP contribution in [0.15, 0.2) is 53.4 Å². The Morgan fingerprint density at radius 3 is 2.62 bits per heavy atom. The first-order valence-corrected chi connectivity index (χ1v) is 7.92. The fourth-order valence-corrected chi connectivity index (χ4v) is 2.59. The number of ether oxygens (including phenoxy) is 2. The van der Waals surface area contributed by atoms with Gasteiger partial charge in [-0.3, -0.25) is 4.79 Å². The molecule has 0 fully saturated rings. The normalized spacial score (nSPS) is 12.8. The van der Waals surface area contributed by atoms with Crippen LogP contribution in [0, 0.1) is 0 Å². The third-order valence-corrected chi connectivity index (χ3v) is 3.89. The minimum atomic E-state index is -2.46. The Morgan fingerprint density at radius 1 is 1.12 bits per heavy atom. The lowest BCUT2D eigenvalue weighted by atomic mass is 10.2. The van der Waals surface area contributed by atoms with Gasteiger partial charge in [0.1, 0.15) is 0 Å². The molecule has 0 unspecified atom stereocenters. The molecule has 1 N–H and O–H groups in total. The van der Waals surface area contributed by atoms with Crippen LogP contribution in [-0.4, -0.2) is 18.5 Å². The predicted octanol–water partition coefficient (Wildman–Crippen LogP) is 4.38. The van der Waals surface area contributed by atoms with E-state index >= 15 is 0 Å². The highest BCUT2D eigenvalue weighted by Gasteiger charge is 2.12. The fourth-order valence-electron chi connectivity index (χ4n) is 2.09. The molecule has 1 heterocycles. The van der Waals surface area contributed by atoms with Crippen LogP contribution in [0.3, 0.4) is 0 Å². The van der Waals surface area contributed by atoms with E-state index in [-0.39, 0.29) is 12.7 Å². The molecule has 0 aromatic heterocycles. The second-order valence-electron chi connectivity index (χ2n) is 4.84. The predicted molar refractivity (Wildman–Crippen MR) is 88.5 cm³/mol. The average molecular weight is 349 g/mol. The molecule has 7 heteroatoms. The SMILES string of the molecule is O=C(/C=C/c1ccc2c(c1)OCO2)Nc1ccc(SC(F)F)cc1. The zero-order valence-electron chi connectivity index (χ0n) is 12.4. The first-order valence-electron chi connectivity index (χ1n) is 7.04. The van der Waals surface area contributed by atoms with E-state index in [9.17, 15) is 13.6 Å². The molecule has 0 bridgehead atoms. The van der Waals surface area contributed by atoms with Crippen molar-refractivity contribution < 1.29 is 23.0 Å². The van der Waals surface area contributed by atoms with Gasteiger partial charge in [-0.25, -0.2) is 0 Å². The van der Waals surface area contributed by atoms with Gasteiger partial charge in [0.25, 0.3) is 5.76 Å². The maximum atomic E-state index is 12.2. The second-order valence-corrected chi connectivity index (χ2v) is 5.90. The van der Waals surface area contributed by atoms with Crippen molar-refractivity contribution in [2.45, 2.75) is 10.7 Å². The highest BCUT2D eigenvalue weighted by atomic mass is 32.2. The molecule has 2 aromatic carbocycles. The summed E-state index contributed by atoms with van der Waals surface area (Å²) < 4.78 is 35.0.